The van der Waals surface area contributed by atoms with Crippen molar-refractivity contribution in [2.75, 3.05) is 52.3 Å². The Morgan fingerprint density at radius 3 is 2.62 bits per heavy atom. The highest BCUT2D eigenvalue weighted by molar-refractivity contribution is 7.90. The van der Waals surface area contributed by atoms with Gasteiger partial charge in [-0.2, -0.15) is 0 Å². The zero-order valence-corrected chi connectivity index (χ0v) is 29.4. The first-order chi connectivity index (χ1) is 22.2. The van der Waals surface area contributed by atoms with Crippen LogP contribution in [0.5, 0.6) is 5.75 Å². The smallest absolute Gasteiger partial charge is 0.319 e. The van der Waals surface area contributed by atoms with Gasteiger partial charge in [0.25, 0.3) is 15.9 Å². The third kappa shape index (κ3) is 6.46. The lowest BCUT2D eigenvalue weighted by Crippen LogP contribution is -2.53. The summed E-state index contributed by atoms with van der Waals surface area (Å²) in [6.45, 7) is 4.88. The molecule has 0 radical (unpaired) electrons. The lowest BCUT2D eigenvalue weighted by Gasteiger charge is -2.48. The monoisotopic (exact) mass is 684 g/mol. The molecule has 12 heteroatoms. The minimum Gasteiger partial charge on any atom is -0.490 e. The number of anilines is 1. The molecule has 0 saturated heterocycles. The van der Waals surface area contributed by atoms with E-state index in [1.54, 1.807) is 36.0 Å². The number of nitrogens with zero attached hydrogens (tertiary/aromatic N) is 3. The summed E-state index contributed by atoms with van der Waals surface area (Å²) in [5, 5.41) is 0.710. The SMILES string of the molecule is CN(C)C(=O)N(C)[C@H]1/C=C\COC(C)(C)C(=O)NS(=O)(=O)c2ccc3c(c2)N(C[C@@H]2CC[C@H]21)C[C@@]1(CCCc2cc(Cl)ccc21)CO3. The zero-order valence-electron chi connectivity index (χ0n) is 27.8. The molecule has 4 atom stereocenters. The average molecular weight is 685 g/mol. The van der Waals surface area contributed by atoms with Crippen molar-refractivity contribution in [3.05, 3.63) is 64.7 Å². The van der Waals surface area contributed by atoms with E-state index in [2.05, 4.69) is 21.8 Å². The minimum absolute atomic E-state index is 0.0212. The van der Waals surface area contributed by atoms with Gasteiger partial charge in [-0.1, -0.05) is 29.8 Å². The molecule has 6 rings (SSSR count). The molecule has 3 amide bonds. The Morgan fingerprint density at radius 1 is 1.11 bits per heavy atom. The van der Waals surface area contributed by atoms with E-state index >= 15 is 0 Å². The van der Waals surface area contributed by atoms with Gasteiger partial charge in [-0.25, -0.2) is 17.9 Å². The van der Waals surface area contributed by atoms with E-state index in [0.29, 0.717) is 36.2 Å². The number of carbonyl (C=O) groups is 2. The van der Waals surface area contributed by atoms with Crippen molar-refractivity contribution in [1.29, 1.82) is 0 Å². The molecule has 2 aromatic rings. The minimum atomic E-state index is -4.22. The summed E-state index contributed by atoms with van der Waals surface area (Å²) < 4.78 is 41.9. The van der Waals surface area contributed by atoms with E-state index < -0.39 is 21.5 Å². The lowest BCUT2D eigenvalue weighted by molar-refractivity contribution is -0.139. The van der Waals surface area contributed by atoms with Crippen LogP contribution in [0.2, 0.25) is 5.02 Å². The highest BCUT2D eigenvalue weighted by Gasteiger charge is 2.45. The van der Waals surface area contributed by atoms with Crippen LogP contribution in [0, 0.1) is 11.8 Å². The van der Waals surface area contributed by atoms with Crippen LogP contribution < -0.4 is 14.4 Å². The predicted molar refractivity (Wildman–Crippen MR) is 182 cm³/mol. The van der Waals surface area contributed by atoms with Gasteiger partial charge in [0.15, 0.2) is 0 Å². The molecule has 1 saturated carbocycles. The van der Waals surface area contributed by atoms with E-state index in [4.69, 9.17) is 21.1 Å². The van der Waals surface area contributed by atoms with Gasteiger partial charge in [0.05, 0.1) is 29.8 Å². The first kappa shape index (κ1) is 33.6. The number of hydrogen-bond acceptors (Lipinski definition) is 7. The molecule has 2 aliphatic heterocycles. The number of fused-ring (bicyclic) bond motifs is 4. The zero-order chi connectivity index (χ0) is 33.7. The van der Waals surface area contributed by atoms with Gasteiger partial charge in [0.1, 0.15) is 11.4 Å². The van der Waals surface area contributed by atoms with Gasteiger partial charge < -0.3 is 24.2 Å². The topological polar surface area (TPSA) is 108 Å². The number of sulfonamides is 1. The molecule has 2 aliphatic carbocycles. The van der Waals surface area contributed by atoms with Crippen molar-refractivity contribution in [3.63, 3.8) is 0 Å². The standard InChI is InChI=1S/C35H45ClN4O6S/c1-34(2)32(41)37-47(43,44)26-12-15-31-30(19-26)40(21-35(22-45-31)16-6-8-23-18-25(36)11-14-28(23)35)20-24-10-13-27(24)29(9-7-17-46-34)39(5)33(42)38(3)4/h7,9,11-12,14-15,18-19,24,27,29H,6,8,10,13,16-17,20-22H2,1-5H3,(H,37,41)/b9-7-/t24-,27+,29-,35-/m0/s1. The van der Waals surface area contributed by atoms with Crippen LogP contribution in [-0.4, -0.2) is 89.2 Å². The maximum Gasteiger partial charge on any atom is 0.319 e. The number of likely N-dealkylation sites (N-methyl/N-ethyl adjacent to an activating group) is 1. The number of carbonyl (C=O) groups excluding carboxylic acids is 2. The van der Waals surface area contributed by atoms with Crippen LogP contribution in [0.3, 0.4) is 0 Å². The molecule has 0 aromatic heterocycles. The van der Waals surface area contributed by atoms with Crippen molar-refractivity contribution in [3.8, 4) is 5.75 Å². The summed E-state index contributed by atoms with van der Waals surface area (Å²) in [6.07, 6.45) is 8.59. The van der Waals surface area contributed by atoms with Crippen molar-refractivity contribution in [2.24, 2.45) is 11.8 Å². The molecule has 1 spiro atoms. The summed E-state index contributed by atoms with van der Waals surface area (Å²) in [4.78, 5) is 32.1. The van der Waals surface area contributed by atoms with Crippen molar-refractivity contribution < 1.29 is 27.5 Å². The number of nitrogens with one attached hydrogen (secondary N) is 1. The van der Waals surface area contributed by atoms with Gasteiger partial charge >= 0.3 is 6.03 Å². The second kappa shape index (κ2) is 12.6. The molecule has 10 nitrogen and oxygen atoms in total. The van der Waals surface area contributed by atoms with E-state index in [0.717, 1.165) is 32.1 Å². The second-order valence-electron chi connectivity index (χ2n) is 14.2. The van der Waals surface area contributed by atoms with Crippen molar-refractivity contribution >= 4 is 39.2 Å². The number of benzene rings is 2. The van der Waals surface area contributed by atoms with Crippen molar-refractivity contribution in [1.82, 2.24) is 14.5 Å². The summed E-state index contributed by atoms with van der Waals surface area (Å²) >= 11 is 6.43. The van der Waals surface area contributed by atoms with Gasteiger partial charge in [-0.3, -0.25) is 4.79 Å². The Morgan fingerprint density at radius 2 is 1.89 bits per heavy atom. The maximum absolute atomic E-state index is 13.6. The van der Waals surface area contributed by atoms with Gasteiger partial charge in [-0.05, 0) is 99.2 Å². The number of amides is 3. The fraction of sp³-hybridized carbons (Fsp3) is 0.543. The fourth-order valence-corrected chi connectivity index (χ4v) is 8.95. The molecule has 47 heavy (non-hydrogen) atoms. The highest BCUT2D eigenvalue weighted by atomic mass is 35.5. The first-order valence-corrected chi connectivity index (χ1v) is 18.2. The summed E-state index contributed by atoms with van der Waals surface area (Å²) in [6, 6.07) is 10.6. The van der Waals surface area contributed by atoms with E-state index in [-0.39, 0.29) is 40.8 Å². The second-order valence-corrected chi connectivity index (χ2v) is 16.3. The molecular formula is C35H45ClN4O6S. The van der Waals surface area contributed by atoms with Crippen molar-refractivity contribution in [2.45, 2.75) is 67.9 Å². The largest absolute Gasteiger partial charge is 0.490 e. The molecule has 2 bridgehead atoms. The molecule has 4 aliphatic rings. The fourth-order valence-electron chi connectivity index (χ4n) is 7.64. The number of halogens is 1. The van der Waals surface area contributed by atoms with E-state index in [9.17, 15) is 18.0 Å². The maximum atomic E-state index is 13.6. The van der Waals surface area contributed by atoms with Crippen LogP contribution >= 0.6 is 11.6 Å². The highest BCUT2D eigenvalue weighted by Crippen LogP contribution is 2.47. The van der Waals surface area contributed by atoms with E-state index in [1.807, 2.05) is 25.3 Å². The molecular weight excluding hydrogens is 640 g/mol. The van der Waals surface area contributed by atoms with Crippen LogP contribution in [0.1, 0.15) is 50.7 Å². The summed E-state index contributed by atoms with van der Waals surface area (Å²) in [5.41, 5.74) is 1.36. The van der Waals surface area contributed by atoms with Gasteiger partial charge in [-0.15, -0.1) is 0 Å². The average Bonchev–Trinajstić information content (AvgIpc) is 3.16. The van der Waals surface area contributed by atoms with Crippen LogP contribution in [0.4, 0.5) is 10.5 Å². The Kier molecular flexibility index (Phi) is 9.04. The third-order valence-corrected chi connectivity index (χ3v) is 12.0. The Bertz CT molecular complexity index is 1690. The van der Waals surface area contributed by atoms with E-state index in [1.165, 1.54) is 31.0 Å². The Balaban J connectivity index is 1.45. The van der Waals surface area contributed by atoms with Crippen LogP contribution in [0.15, 0.2) is 53.4 Å². The number of rotatable bonds is 1. The lowest BCUT2D eigenvalue weighted by atomic mass is 9.67. The number of ether oxygens (including phenoxy) is 2. The predicted octanol–water partition coefficient (Wildman–Crippen LogP) is 4.99. The summed E-state index contributed by atoms with van der Waals surface area (Å²) in [5.74, 6) is 0.221. The van der Waals surface area contributed by atoms with Gasteiger partial charge in [0, 0.05) is 44.7 Å². The summed E-state index contributed by atoms with van der Waals surface area (Å²) in [7, 11) is 1.10. The Hall–Kier alpha value is -3.28. The molecule has 254 valence electrons. The molecule has 1 fully saturated rings. The van der Waals surface area contributed by atoms with Crippen LogP contribution in [0.25, 0.3) is 0 Å². The molecule has 1 N–H and O–H groups in total. The number of hydrogen-bond donors (Lipinski definition) is 1. The number of aryl methyl sites for hydroxylation is 1. The Labute approximate surface area is 283 Å². The van der Waals surface area contributed by atoms with Crippen LogP contribution in [-0.2, 0) is 31.4 Å². The molecule has 2 aromatic carbocycles. The van der Waals surface area contributed by atoms with Gasteiger partial charge in [0.2, 0.25) is 0 Å². The molecule has 0 unspecified atom stereocenters. The third-order valence-electron chi connectivity index (χ3n) is 10.5. The first-order valence-electron chi connectivity index (χ1n) is 16.3. The quantitative estimate of drug-likeness (QED) is 0.422. The normalized spacial score (nSPS) is 28.8. The number of urea groups is 1. The molecule has 2 heterocycles.